The van der Waals surface area contributed by atoms with Gasteiger partial charge in [-0.2, -0.15) is 0 Å². The minimum atomic E-state index is 0.0421. The van der Waals surface area contributed by atoms with Crippen molar-refractivity contribution in [2.24, 2.45) is 0 Å². The lowest BCUT2D eigenvalue weighted by Gasteiger charge is -2.19. The van der Waals surface area contributed by atoms with E-state index in [0.717, 1.165) is 28.8 Å². The minimum absolute atomic E-state index is 0.0421. The summed E-state index contributed by atoms with van der Waals surface area (Å²) in [4.78, 5) is 19.0. The highest BCUT2D eigenvalue weighted by Gasteiger charge is 2.31. The number of methoxy groups -OCH3 is 1. The number of rotatable bonds is 8. The molecule has 8 heteroatoms. The molecule has 2 aromatic carbocycles. The number of benzene rings is 2. The van der Waals surface area contributed by atoms with Gasteiger partial charge in [0.2, 0.25) is 5.91 Å². The number of amides is 1. The van der Waals surface area contributed by atoms with Crippen LogP contribution in [-0.2, 0) is 9.53 Å². The van der Waals surface area contributed by atoms with Crippen LogP contribution in [0.5, 0.6) is 16.7 Å². The molecule has 0 N–H and O–H groups in total. The molecular weight excluding hydrogens is 428 g/mol. The van der Waals surface area contributed by atoms with Crippen molar-refractivity contribution in [1.29, 1.82) is 0 Å². The van der Waals surface area contributed by atoms with Gasteiger partial charge < -0.3 is 23.8 Å². The Morgan fingerprint density at radius 1 is 1.22 bits per heavy atom. The van der Waals surface area contributed by atoms with Crippen molar-refractivity contribution in [2.75, 3.05) is 40.0 Å². The van der Waals surface area contributed by atoms with Crippen LogP contribution < -0.4 is 14.2 Å². The third-order valence-corrected chi connectivity index (χ3v) is 6.87. The van der Waals surface area contributed by atoms with Crippen molar-refractivity contribution < 1.29 is 23.7 Å². The number of likely N-dealkylation sites (tertiary alicyclic amines) is 1. The fourth-order valence-corrected chi connectivity index (χ4v) is 5.03. The summed E-state index contributed by atoms with van der Waals surface area (Å²) in [5.41, 5.74) is 2.02. The van der Waals surface area contributed by atoms with Gasteiger partial charge in [0, 0.05) is 25.3 Å². The maximum Gasteiger partial charge on any atom is 0.274 e. The number of para-hydroxylation sites is 1. The van der Waals surface area contributed by atoms with Crippen LogP contribution in [0.3, 0.4) is 0 Å². The van der Waals surface area contributed by atoms with Gasteiger partial charge >= 0.3 is 0 Å². The molecule has 0 unspecified atom stereocenters. The average Bonchev–Trinajstić information content (AvgIpc) is 3.54. The topological polar surface area (TPSA) is 70.1 Å². The summed E-state index contributed by atoms with van der Waals surface area (Å²) in [5.74, 6) is 1.68. The maximum absolute atomic E-state index is 12.6. The third-order valence-electron chi connectivity index (χ3n) is 5.92. The first kappa shape index (κ1) is 21.0. The van der Waals surface area contributed by atoms with Gasteiger partial charge in [-0.05, 0) is 29.8 Å². The smallest absolute Gasteiger partial charge is 0.274 e. The second-order valence-corrected chi connectivity index (χ2v) is 9.04. The molecule has 1 amide bonds. The maximum atomic E-state index is 12.6. The van der Waals surface area contributed by atoms with Crippen molar-refractivity contribution in [3.05, 3.63) is 48.0 Å². The molecule has 2 aliphatic rings. The molecule has 0 radical (unpaired) electrons. The predicted molar refractivity (Wildman–Crippen MR) is 122 cm³/mol. The SMILES string of the molecule is COc1ccc([C@@H]2CC(=O)N(CCOc3nc4ccccc4s3)C2)cc1O[C@@H]1CCOC1. The van der Waals surface area contributed by atoms with E-state index in [-0.39, 0.29) is 17.9 Å². The Kier molecular flexibility index (Phi) is 6.14. The number of hydrogen-bond acceptors (Lipinski definition) is 7. The van der Waals surface area contributed by atoms with Crippen molar-refractivity contribution in [3.63, 3.8) is 0 Å². The molecule has 0 spiro atoms. The summed E-state index contributed by atoms with van der Waals surface area (Å²) >= 11 is 1.52. The van der Waals surface area contributed by atoms with E-state index in [9.17, 15) is 4.79 Å². The monoisotopic (exact) mass is 454 g/mol. The number of thiazole rings is 1. The summed E-state index contributed by atoms with van der Waals surface area (Å²) < 4.78 is 23.9. The van der Waals surface area contributed by atoms with Crippen molar-refractivity contribution >= 4 is 27.5 Å². The molecular formula is C24H26N2O5S. The second-order valence-electron chi connectivity index (χ2n) is 8.05. The molecule has 3 aromatic rings. The van der Waals surface area contributed by atoms with Crippen LogP contribution in [0, 0.1) is 0 Å². The van der Waals surface area contributed by atoms with Crippen molar-refractivity contribution in [2.45, 2.75) is 24.9 Å². The van der Waals surface area contributed by atoms with E-state index in [1.165, 1.54) is 11.3 Å². The summed E-state index contributed by atoms with van der Waals surface area (Å²) in [6.45, 7) is 2.96. The first-order chi connectivity index (χ1) is 15.7. The van der Waals surface area contributed by atoms with Crippen molar-refractivity contribution in [3.8, 4) is 16.7 Å². The van der Waals surface area contributed by atoms with Gasteiger partial charge in [0.15, 0.2) is 11.5 Å². The van der Waals surface area contributed by atoms with Crippen LogP contribution in [0.2, 0.25) is 0 Å². The summed E-state index contributed by atoms with van der Waals surface area (Å²) in [6, 6.07) is 13.9. The molecule has 2 aliphatic heterocycles. The van der Waals surface area contributed by atoms with E-state index >= 15 is 0 Å². The Hall–Kier alpha value is -2.84. The number of aromatic nitrogens is 1. The summed E-state index contributed by atoms with van der Waals surface area (Å²) in [5, 5.41) is 0.641. The molecule has 0 aliphatic carbocycles. The van der Waals surface area contributed by atoms with Crippen LogP contribution >= 0.6 is 11.3 Å². The standard InChI is InChI=1S/C24H26N2O5S/c1-28-20-7-6-16(12-21(20)31-18-8-10-29-15-18)17-13-23(27)26(14-17)9-11-30-24-25-19-4-2-3-5-22(19)32-24/h2-7,12,17-18H,8-11,13-15H2,1H3/t17-,18-/m1/s1. The third kappa shape index (κ3) is 4.52. The Morgan fingerprint density at radius 3 is 2.94 bits per heavy atom. The molecule has 2 fully saturated rings. The molecule has 168 valence electrons. The predicted octanol–water partition coefficient (Wildman–Crippen LogP) is 3.87. The Bertz CT molecular complexity index is 1060. The van der Waals surface area contributed by atoms with E-state index in [4.69, 9.17) is 18.9 Å². The normalized spacial score (nSPS) is 20.8. The highest BCUT2D eigenvalue weighted by Crippen LogP contribution is 2.36. The quantitative estimate of drug-likeness (QED) is 0.515. The van der Waals surface area contributed by atoms with E-state index in [2.05, 4.69) is 4.98 Å². The molecule has 3 heterocycles. The minimum Gasteiger partial charge on any atom is -0.493 e. The van der Waals surface area contributed by atoms with Gasteiger partial charge in [0.1, 0.15) is 12.7 Å². The first-order valence-corrected chi connectivity index (χ1v) is 11.7. The Balaban J connectivity index is 1.20. The molecule has 2 atom stereocenters. The van der Waals surface area contributed by atoms with Crippen LogP contribution in [-0.4, -0.2) is 61.9 Å². The fraction of sp³-hybridized carbons (Fsp3) is 0.417. The van der Waals surface area contributed by atoms with E-state index in [0.29, 0.717) is 49.4 Å². The van der Waals surface area contributed by atoms with Crippen LogP contribution in [0.1, 0.15) is 24.3 Å². The summed E-state index contributed by atoms with van der Waals surface area (Å²) in [6.07, 6.45) is 1.40. The molecule has 0 saturated carbocycles. The molecule has 1 aromatic heterocycles. The highest BCUT2D eigenvalue weighted by atomic mass is 32.1. The lowest BCUT2D eigenvalue weighted by atomic mass is 9.98. The molecule has 32 heavy (non-hydrogen) atoms. The van der Waals surface area contributed by atoms with Gasteiger partial charge in [-0.15, -0.1) is 0 Å². The van der Waals surface area contributed by atoms with E-state index in [1.54, 1.807) is 7.11 Å². The number of nitrogens with zero attached hydrogens (tertiary/aromatic N) is 2. The van der Waals surface area contributed by atoms with Gasteiger partial charge in [-0.25, -0.2) is 4.98 Å². The number of carbonyl (C=O) groups excluding carboxylic acids is 1. The molecule has 5 rings (SSSR count). The van der Waals surface area contributed by atoms with Gasteiger partial charge in [0.25, 0.3) is 5.19 Å². The number of ether oxygens (including phenoxy) is 4. The Labute approximate surface area is 190 Å². The van der Waals surface area contributed by atoms with Gasteiger partial charge in [-0.3, -0.25) is 4.79 Å². The molecule has 2 saturated heterocycles. The fourth-order valence-electron chi connectivity index (χ4n) is 4.19. The van der Waals surface area contributed by atoms with Crippen LogP contribution in [0.25, 0.3) is 10.2 Å². The van der Waals surface area contributed by atoms with Crippen molar-refractivity contribution in [1.82, 2.24) is 9.88 Å². The average molecular weight is 455 g/mol. The zero-order valence-corrected chi connectivity index (χ0v) is 18.8. The first-order valence-electron chi connectivity index (χ1n) is 10.9. The number of hydrogen-bond donors (Lipinski definition) is 0. The largest absolute Gasteiger partial charge is 0.493 e. The van der Waals surface area contributed by atoms with Gasteiger partial charge in [0.05, 0.1) is 37.1 Å². The zero-order chi connectivity index (χ0) is 21.9. The zero-order valence-electron chi connectivity index (χ0n) is 18.0. The number of carbonyl (C=O) groups is 1. The summed E-state index contributed by atoms with van der Waals surface area (Å²) in [7, 11) is 1.64. The lowest BCUT2D eigenvalue weighted by Crippen LogP contribution is -2.29. The van der Waals surface area contributed by atoms with Crippen LogP contribution in [0.15, 0.2) is 42.5 Å². The van der Waals surface area contributed by atoms with Gasteiger partial charge in [-0.1, -0.05) is 29.5 Å². The Morgan fingerprint density at radius 2 is 2.12 bits per heavy atom. The molecule has 7 nitrogen and oxygen atoms in total. The number of fused-ring (bicyclic) bond motifs is 1. The highest BCUT2D eigenvalue weighted by molar-refractivity contribution is 7.20. The lowest BCUT2D eigenvalue weighted by molar-refractivity contribution is -0.128. The van der Waals surface area contributed by atoms with E-state index in [1.807, 2.05) is 47.4 Å². The second kappa shape index (κ2) is 9.34. The van der Waals surface area contributed by atoms with E-state index < -0.39 is 0 Å². The van der Waals surface area contributed by atoms with Crippen LogP contribution in [0.4, 0.5) is 0 Å². The molecule has 0 bridgehead atoms.